The maximum Gasteiger partial charge on any atom is 0.234 e. The minimum atomic E-state index is -0.132. The minimum absolute atomic E-state index is 0.132. The number of carbonyl (C=O) groups excluding carboxylic acids is 1. The molecule has 0 bridgehead atoms. The summed E-state index contributed by atoms with van der Waals surface area (Å²) in [5.74, 6) is 5.64. The summed E-state index contributed by atoms with van der Waals surface area (Å²) in [7, 11) is 1.84. The van der Waals surface area contributed by atoms with Gasteiger partial charge >= 0.3 is 0 Å². The molecule has 0 aliphatic rings. The van der Waals surface area contributed by atoms with Crippen LogP contribution in [0.3, 0.4) is 0 Å². The SMILES string of the molecule is Cc1nn(C)c(C)c1NC(=O)CSc1nncn1N. The molecule has 8 nitrogen and oxygen atoms in total. The minimum Gasteiger partial charge on any atom is -0.336 e. The van der Waals surface area contributed by atoms with Crippen molar-refractivity contribution in [1.82, 2.24) is 24.7 Å². The highest BCUT2D eigenvalue weighted by molar-refractivity contribution is 7.99. The van der Waals surface area contributed by atoms with Gasteiger partial charge in [-0.25, -0.2) is 4.68 Å². The fourth-order valence-corrected chi connectivity index (χ4v) is 2.23. The van der Waals surface area contributed by atoms with Gasteiger partial charge in [-0.15, -0.1) is 10.2 Å². The number of nitrogens with zero attached hydrogens (tertiary/aromatic N) is 5. The van der Waals surface area contributed by atoms with Crippen molar-refractivity contribution in [1.29, 1.82) is 0 Å². The Balaban J connectivity index is 1.96. The number of aromatic nitrogens is 5. The molecule has 1 amide bonds. The van der Waals surface area contributed by atoms with Crippen LogP contribution in [0.5, 0.6) is 0 Å². The fraction of sp³-hybridized carbons (Fsp3) is 0.400. The molecule has 19 heavy (non-hydrogen) atoms. The number of thioether (sulfide) groups is 1. The second-order valence-electron chi connectivity index (χ2n) is 4.03. The zero-order chi connectivity index (χ0) is 14.0. The Morgan fingerprint density at radius 2 is 2.26 bits per heavy atom. The first-order chi connectivity index (χ1) is 8.99. The van der Waals surface area contributed by atoms with Crippen molar-refractivity contribution in [3.63, 3.8) is 0 Å². The number of aryl methyl sites for hydroxylation is 2. The summed E-state index contributed by atoms with van der Waals surface area (Å²) in [6.07, 6.45) is 1.38. The second-order valence-corrected chi connectivity index (χ2v) is 4.97. The number of anilines is 1. The molecule has 2 aromatic heterocycles. The van der Waals surface area contributed by atoms with E-state index in [-0.39, 0.29) is 11.7 Å². The molecular formula is C10H15N7OS. The summed E-state index contributed by atoms with van der Waals surface area (Å²) in [5.41, 5.74) is 2.46. The Morgan fingerprint density at radius 1 is 1.53 bits per heavy atom. The third kappa shape index (κ3) is 2.87. The van der Waals surface area contributed by atoms with Gasteiger partial charge in [-0.2, -0.15) is 5.10 Å². The molecule has 2 heterocycles. The van der Waals surface area contributed by atoms with Crippen LogP contribution >= 0.6 is 11.8 Å². The van der Waals surface area contributed by atoms with Gasteiger partial charge in [0.25, 0.3) is 0 Å². The zero-order valence-corrected chi connectivity index (χ0v) is 11.7. The standard InChI is InChI=1S/C10H15N7OS/c1-6-9(7(2)16(3)15-6)13-8(18)4-19-10-14-12-5-17(10)11/h5H,4,11H2,1-3H3,(H,13,18). The lowest BCUT2D eigenvalue weighted by atomic mass is 10.3. The summed E-state index contributed by atoms with van der Waals surface area (Å²) in [6, 6.07) is 0. The molecule has 2 rings (SSSR count). The predicted octanol–water partition coefficient (Wildman–Crippen LogP) is 0.0730. The topological polar surface area (TPSA) is 104 Å². The summed E-state index contributed by atoms with van der Waals surface area (Å²) >= 11 is 1.22. The third-order valence-electron chi connectivity index (χ3n) is 2.65. The van der Waals surface area contributed by atoms with E-state index in [1.54, 1.807) is 4.68 Å². The van der Waals surface area contributed by atoms with Gasteiger partial charge in [0.2, 0.25) is 11.1 Å². The summed E-state index contributed by atoms with van der Waals surface area (Å²) in [6.45, 7) is 3.76. The van der Waals surface area contributed by atoms with E-state index < -0.39 is 0 Å². The van der Waals surface area contributed by atoms with Gasteiger partial charge in [0.1, 0.15) is 6.33 Å². The molecule has 0 unspecified atom stereocenters. The highest BCUT2D eigenvalue weighted by Gasteiger charge is 2.13. The van der Waals surface area contributed by atoms with Crippen LogP contribution in [0, 0.1) is 13.8 Å². The Kier molecular flexibility index (Phi) is 3.74. The summed E-state index contributed by atoms with van der Waals surface area (Å²) in [4.78, 5) is 11.9. The lowest BCUT2D eigenvalue weighted by Crippen LogP contribution is -2.16. The van der Waals surface area contributed by atoms with Gasteiger partial charge < -0.3 is 11.2 Å². The lowest BCUT2D eigenvalue weighted by Gasteiger charge is -2.05. The number of hydrogen-bond acceptors (Lipinski definition) is 6. The van der Waals surface area contributed by atoms with E-state index in [0.717, 1.165) is 17.1 Å². The Morgan fingerprint density at radius 3 is 2.79 bits per heavy atom. The van der Waals surface area contributed by atoms with Crippen molar-refractivity contribution < 1.29 is 4.79 Å². The molecule has 0 saturated heterocycles. The number of rotatable bonds is 4. The van der Waals surface area contributed by atoms with Crippen LogP contribution in [0.15, 0.2) is 11.5 Å². The Hall–Kier alpha value is -2.03. The molecule has 0 atom stereocenters. The van der Waals surface area contributed by atoms with Gasteiger partial charge in [-0.05, 0) is 13.8 Å². The van der Waals surface area contributed by atoms with E-state index in [2.05, 4.69) is 20.6 Å². The first kappa shape index (κ1) is 13.4. The molecule has 0 aromatic carbocycles. The van der Waals surface area contributed by atoms with Gasteiger partial charge in [0.05, 0.1) is 22.8 Å². The lowest BCUT2D eigenvalue weighted by molar-refractivity contribution is -0.113. The van der Waals surface area contributed by atoms with Crippen LogP contribution in [0.4, 0.5) is 5.69 Å². The maximum atomic E-state index is 11.9. The van der Waals surface area contributed by atoms with Crippen LogP contribution in [-0.2, 0) is 11.8 Å². The smallest absolute Gasteiger partial charge is 0.234 e. The van der Waals surface area contributed by atoms with Gasteiger partial charge in [-0.3, -0.25) is 9.48 Å². The van der Waals surface area contributed by atoms with Crippen molar-refractivity contribution in [2.75, 3.05) is 16.9 Å². The van der Waals surface area contributed by atoms with E-state index in [9.17, 15) is 4.79 Å². The monoisotopic (exact) mass is 281 g/mol. The molecular weight excluding hydrogens is 266 g/mol. The number of hydrogen-bond donors (Lipinski definition) is 2. The molecule has 0 spiro atoms. The van der Waals surface area contributed by atoms with E-state index >= 15 is 0 Å². The normalized spacial score (nSPS) is 10.7. The van der Waals surface area contributed by atoms with Crippen LogP contribution < -0.4 is 11.2 Å². The van der Waals surface area contributed by atoms with E-state index in [1.165, 1.54) is 22.8 Å². The van der Waals surface area contributed by atoms with Crippen LogP contribution in [0.2, 0.25) is 0 Å². The van der Waals surface area contributed by atoms with Crippen molar-refractivity contribution in [3.05, 3.63) is 17.7 Å². The van der Waals surface area contributed by atoms with Gasteiger partial charge in [0, 0.05) is 7.05 Å². The average Bonchev–Trinajstić information content (AvgIpc) is 2.86. The number of carbonyl (C=O) groups is 1. The number of nitrogens with one attached hydrogen (secondary N) is 1. The second kappa shape index (κ2) is 5.31. The summed E-state index contributed by atoms with van der Waals surface area (Å²) < 4.78 is 3.01. The highest BCUT2D eigenvalue weighted by Crippen LogP contribution is 2.19. The van der Waals surface area contributed by atoms with Crippen LogP contribution in [0.25, 0.3) is 0 Å². The molecule has 9 heteroatoms. The van der Waals surface area contributed by atoms with E-state index in [4.69, 9.17) is 5.84 Å². The first-order valence-electron chi connectivity index (χ1n) is 5.57. The van der Waals surface area contributed by atoms with Crippen molar-refractivity contribution in [2.24, 2.45) is 7.05 Å². The quantitative estimate of drug-likeness (QED) is 0.607. The van der Waals surface area contributed by atoms with Gasteiger partial charge in [0.15, 0.2) is 0 Å². The predicted molar refractivity (Wildman–Crippen MR) is 72.2 cm³/mol. The molecule has 3 N–H and O–H groups in total. The first-order valence-corrected chi connectivity index (χ1v) is 6.55. The third-order valence-corrected chi connectivity index (χ3v) is 3.60. The fourth-order valence-electron chi connectivity index (χ4n) is 1.60. The molecule has 0 aliphatic heterocycles. The number of nitrogens with two attached hydrogens (primary N) is 1. The van der Waals surface area contributed by atoms with Crippen LogP contribution in [-0.4, -0.2) is 36.3 Å². The van der Waals surface area contributed by atoms with Crippen molar-refractivity contribution in [2.45, 2.75) is 19.0 Å². The maximum absolute atomic E-state index is 11.9. The van der Waals surface area contributed by atoms with Crippen molar-refractivity contribution >= 4 is 23.4 Å². The molecule has 0 saturated carbocycles. The van der Waals surface area contributed by atoms with E-state index in [1.807, 2.05) is 20.9 Å². The van der Waals surface area contributed by atoms with Crippen molar-refractivity contribution in [3.8, 4) is 0 Å². The Labute approximate surface area is 114 Å². The molecule has 102 valence electrons. The Bertz CT molecular complexity index is 603. The molecule has 0 radical (unpaired) electrons. The van der Waals surface area contributed by atoms with Crippen LogP contribution in [0.1, 0.15) is 11.4 Å². The van der Waals surface area contributed by atoms with E-state index in [0.29, 0.717) is 5.16 Å². The number of amides is 1. The highest BCUT2D eigenvalue weighted by atomic mass is 32.2. The zero-order valence-electron chi connectivity index (χ0n) is 10.9. The van der Waals surface area contributed by atoms with Gasteiger partial charge in [-0.1, -0.05) is 11.8 Å². The molecule has 0 aliphatic carbocycles. The average molecular weight is 281 g/mol. The number of nitrogen functional groups attached to an aromatic ring is 1. The largest absolute Gasteiger partial charge is 0.336 e. The summed E-state index contributed by atoms with van der Waals surface area (Å²) in [5, 5.41) is 15.0. The molecule has 0 fully saturated rings. The molecule has 2 aromatic rings.